The number of ether oxygens (including phenoxy) is 1. The molecule has 0 fully saturated rings. The molecule has 3 rings (SSSR count). The second-order valence-corrected chi connectivity index (χ2v) is 5.96. The Morgan fingerprint density at radius 3 is 2.73 bits per heavy atom. The summed E-state index contributed by atoms with van der Waals surface area (Å²) in [5.41, 5.74) is 2.29. The first-order valence-corrected chi connectivity index (χ1v) is 8.13. The number of benzene rings is 1. The van der Waals surface area contributed by atoms with Crippen LogP contribution in [0.15, 0.2) is 35.1 Å². The van der Waals surface area contributed by atoms with Gasteiger partial charge in [-0.05, 0) is 32.0 Å². The molecule has 0 aliphatic carbocycles. The third kappa shape index (κ3) is 3.69. The largest absolute Gasteiger partial charge is 0.457 e. The molecular formula is C18H18N4O4. The third-order valence-corrected chi connectivity index (χ3v) is 3.97. The quantitative estimate of drug-likeness (QED) is 0.532. The molecule has 2 aromatic heterocycles. The average Bonchev–Trinajstić information content (AvgIpc) is 2.97. The number of nitrogens with zero attached hydrogens (tertiary/aromatic N) is 3. The Morgan fingerprint density at radius 2 is 2.00 bits per heavy atom. The minimum Gasteiger partial charge on any atom is -0.457 e. The fourth-order valence-electron chi connectivity index (χ4n) is 2.68. The fourth-order valence-corrected chi connectivity index (χ4v) is 2.68. The van der Waals surface area contributed by atoms with Crippen LogP contribution in [-0.4, -0.2) is 38.3 Å². The first-order valence-electron chi connectivity index (χ1n) is 8.13. The molecule has 0 unspecified atom stereocenters. The van der Waals surface area contributed by atoms with Crippen molar-refractivity contribution < 1.29 is 14.3 Å². The lowest BCUT2D eigenvalue weighted by Crippen LogP contribution is -2.26. The van der Waals surface area contributed by atoms with Crippen molar-refractivity contribution in [3.63, 3.8) is 0 Å². The lowest BCUT2D eigenvalue weighted by atomic mass is 10.1. The fraction of sp³-hybridized carbons (Fsp3) is 0.278. The van der Waals surface area contributed by atoms with E-state index in [1.54, 1.807) is 37.3 Å². The van der Waals surface area contributed by atoms with E-state index in [9.17, 15) is 14.4 Å². The minimum atomic E-state index is -0.579. The van der Waals surface area contributed by atoms with Crippen molar-refractivity contribution >= 4 is 22.7 Å². The Bertz CT molecular complexity index is 1040. The number of hydrogen-bond acceptors (Lipinski definition) is 6. The number of Topliss-reactive ketones (excluding diaryl/α,β-unsaturated/α-hetero) is 1. The molecule has 1 aromatic carbocycles. The summed E-state index contributed by atoms with van der Waals surface area (Å²) < 4.78 is 6.12. The number of rotatable bonds is 6. The minimum absolute atomic E-state index is 0.0337. The van der Waals surface area contributed by atoms with Crippen molar-refractivity contribution in [2.24, 2.45) is 0 Å². The van der Waals surface area contributed by atoms with Gasteiger partial charge in [-0.3, -0.25) is 14.4 Å². The maximum absolute atomic E-state index is 12.3. The van der Waals surface area contributed by atoms with Gasteiger partial charge in [0.2, 0.25) is 5.78 Å². The molecule has 0 saturated heterocycles. The molecule has 0 aliphatic rings. The molecule has 2 heterocycles. The third-order valence-electron chi connectivity index (χ3n) is 3.97. The van der Waals surface area contributed by atoms with Gasteiger partial charge >= 0.3 is 5.97 Å². The van der Waals surface area contributed by atoms with E-state index in [4.69, 9.17) is 4.74 Å². The number of nitrogens with one attached hydrogen (secondary N) is 1. The SMILES string of the molecule is Cc1cc(C(=O)COC(=O)CCn2nnc3ccccc3c2=O)c(C)[nH]1. The van der Waals surface area contributed by atoms with Gasteiger partial charge in [-0.15, -0.1) is 5.10 Å². The van der Waals surface area contributed by atoms with E-state index in [-0.39, 0.29) is 30.9 Å². The van der Waals surface area contributed by atoms with Gasteiger partial charge in [-0.25, -0.2) is 4.68 Å². The van der Waals surface area contributed by atoms with Crippen molar-refractivity contribution in [2.75, 3.05) is 6.61 Å². The van der Waals surface area contributed by atoms with Gasteiger partial charge in [0.15, 0.2) is 6.61 Å². The maximum atomic E-state index is 12.3. The van der Waals surface area contributed by atoms with Gasteiger partial charge in [0.25, 0.3) is 5.56 Å². The van der Waals surface area contributed by atoms with E-state index >= 15 is 0 Å². The summed E-state index contributed by atoms with van der Waals surface area (Å²) >= 11 is 0. The van der Waals surface area contributed by atoms with Crippen LogP contribution in [0.3, 0.4) is 0 Å². The highest BCUT2D eigenvalue weighted by Crippen LogP contribution is 2.10. The number of aromatic amines is 1. The van der Waals surface area contributed by atoms with E-state index in [2.05, 4.69) is 15.3 Å². The van der Waals surface area contributed by atoms with E-state index in [1.165, 1.54) is 0 Å². The molecule has 0 spiro atoms. The van der Waals surface area contributed by atoms with Crippen molar-refractivity contribution in [1.82, 2.24) is 20.0 Å². The number of esters is 1. The zero-order chi connectivity index (χ0) is 18.7. The Morgan fingerprint density at radius 1 is 1.23 bits per heavy atom. The Kier molecular flexibility index (Phi) is 4.92. The van der Waals surface area contributed by atoms with Crippen LogP contribution in [0.4, 0.5) is 0 Å². The van der Waals surface area contributed by atoms with E-state index < -0.39 is 5.97 Å². The summed E-state index contributed by atoms with van der Waals surface area (Å²) in [5, 5.41) is 8.19. The van der Waals surface area contributed by atoms with Gasteiger partial charge < -0.3 is 9.72 Å². The van der Waals surface area contributed by atoms with E-state index in [0.717, 1.165) is 16.1 Å². The summed E-state index contributed by atoms with van der Waals surface area (Å²) in [5.74, 6) is -0.854. The highest BCUT2D eigenvalue weighted by Gasteiger charge is 2.14. The Labute approximate surface area is 148 Å². The van der Waals surface area contributed by atoms with Gasteiger partial charge in [0, 0.05) is 17.0 Å². The Hall–Kier alpha value is -3.29. The summed E-state index contributed by atoms with van der Waals surface area (Å²) in [6.07, 6.45) is -0.0780. The maximum Gasteiger partial charge on any atom is 0.308 e. The molecule has 0 saturated carbocycles. The molecule has 26 heavy (non-hydrogen) atoms. The summed E-state index contributed by atoms with van der Waals surface area (Å²) in [6, 6.07) is 8.57. The Balaban J connectivity index is 1.58. The van der Waals surface area contributed by atoms with Crippen LogP contribution in [0, 0.1) is 13.8 Å². The standard InChI is InChI=1S/C18H18N4O4/c1-11-9-14(12(2)19-11)16(23)10-26-17(24)7-8-22-18(25)13-5-3-4-6-15(13)20-21-22/h3-6,9,19H,7-8,10H2,1-2H3. The molecule has 0 aliphatic heterocycles. The zero-order valence-corrected chi connectivity index (χ0v) is 14.5. The lowest BCUT2D eigenvalue weighted by Gasteiger charge is -2.06. The summed E-state index contributed by atoms with van der Waals surface area (Å²) in [7, 11) is 0. The first-order chi connectivity index (χ1) is 12.5. The molecule has 8 heteroatoms. The topological polar surface area (TPSA) is 107 Å². The molecule has 1 N–H and O–H groups in total. The smallest absolute Gasteiger partial charge is 0.308 e. The van der Waals surface area contributed by atoms with Crippen LogP contribution in [0.2, 0.25) is 0 Å². The monoisotopic (exact) mass is 354 g/mol. The molecule has 134 valence electrons. The number of fused-ring (bicyclic) bond motifs is 1. The molecule has 0 atom stereocenters. The number of ketones is 1. The second-order valence-electron chi connectivity index (χ2n) is 5.96. The highest BCUT2D eigenvalue weighted by molar-refractivity contribution is 5.99. The predicted molar refractivity (Wildman–Crippen MR) is 94.0 cm³/mol. The van der Waals surface area contributed by atoms with Crippen molar-refractivity contribution in [1.29, 1.82) is 0 Å². The van der Waals surface area contributed by atoms with Crippen LogP contribution >= 0.6 is 0 Å². The molecule has 0 amide bonds. The van der Waals surface area contributed by atoms with Gasteiger partial charge in [0.05, 0.1) is 18.4 Å². The van der Waals surface area contributed by atoms with Crippen LogP contribution < -0.4 is 5.56 Å². The lowest BCUT2D eigenvalue weighted by molar-refractivity contribution is -0.142. The van der Waals surface area contributed by atoms with Crippen LogP contribution in [-0.2, 0) is 16.1 Å². The predicted octanol–water partition coefficient (Wildman–Crippen LogP) is 1.55. The highest BCUT2D eigenvalue weighted by atomic mass is 16.5. The summed E-state index contributed by atoms with van der Waals surface area (Å²) in [6.45, 7) is 3.33. The number of aryl methyl sites for hydroxylation is 3. The van der Waals surface area contributed by atoms with Crippen molar-refractivity contribution in [3.05, 3.63) is 57.6 Å². The molecule has 0 radical (unpaired) electrons. The number of carbonyl (C=O) groups is 2. The molecule has 0 bridgehead atoms. The van der Waals surface area contributed by atoms with Crippen LogP contribution in [0.5, 0.6) is 0 Å². The first kappa shape index (κ1) is 17.5. The van der Waals surface area contributed by atoms with Crippen LogP contribution in [0.25, 0.3) is 10.9 Å². The number of H-pyrrole nitrogens is 1. The molecular weight excluding hydrogens is 336 g/mol. The van der Waals surface area contributed by atoms with Crippen molar-refractivity contribution in [3.8, 4) is 0 Å². The molecule has 8 nitrogen and oxygen atoms in total. The van der Waals surface area contributed by atoms with Gasteiger partial charge in [0.1, 0.15) is 5.52 Å². The van der Waals surface area contributed by atoms with Crippen molar-refractivity contribution in [2.45, 2.75) is 26.8 Å². The second kappa shape index (κ2) is 7.30. The number of carbonyl (C=O) groups excluding carboxylic acids is 2. The number of hydrogen-bond donors (Lipinski definition) is 1. The van der Waals surface area contributed by atoms with E-state index in [0.29, 0.717) is 16.5 Å². The number of aromatic nitrogens is 4. The average molecular weight is 354 g/mol. The van der Waals surface area contributed by atoms with E-state index in [1.807, 2.05) is 6.92 Å². The zero-order valence-electron chi connectivity index (χ0n) is 14.5. The van der Waals surface area contributed by atoms with Gasteiger partial charge in [-0.2, -0.15) is 0 Å². The summed E-state index contributed by atoms with van der Waals surface area (Å²) in [4.78, 5) is 39.3. The van der Waals surface area contributed by atoms with Crippen LogP contribution in [0.1, 0.15) is 28.2 Å². The normalized spacial score (nSPS) is 10.8. The van der Waals surface area contributed by atoms with Gasteiger partial charge in [-0.1, -0.05) is 17.3 Å². The molecule has 3 aromatic rings.